The molecule has 0 atom stereocenters. The molecule has 0 bridgehead atoms. The van der Waals surface area contributed by atoms with Gasteiger partial charge in [0.2, 0.25) is 0 Å². The minimum Gasteiger partial charge on any atom is -0.384 e. The lowest BCUT2D eigenvalue weighted by atomic mass is 10.2. The summed E-state index contributed by atoms with van der Waals surface area (Å²) < 4.78 is 39.2. The van der Waals surface area contributed by atoms with Crippen molar-refractivity contribution < 1.29 is 13.2 Å². The van der Waals surface area contributed by atoms with Crippen LogP contribution < -0.4 is 5.73 Å². The molecule has 2 aromatic heterocycles. The van der Waals surface area contributed by atoms with Crippen LogP contribution in [0, 0.1) is 0 Å². The maximum atomic E-state index is 12.6. The lowest BCUT2D eigenvalue weighted by molar-refractivity contribution is -0.137. The highest BCUT2D eigenvalue weighted by molar-refractivity contribution is 5.58. The van der Waals surface area contributed by atoms with Crippen molar-refractivity contribution in [3.05, 3.63) is 30.0 Å². The Balaban J connectivity index is 2.57. The molecule has 0 saturated carbocycles. The summed E-state index contributed by atoms with van der Waals surface area (Å²) in [5, 5.41) is 3.87. The third-order valence-electron chi connectivity index (χ3n) is 2.26. The first-order valence-electron chi connectivity index (χ1n) is 4.71. The molecule has 0 amide bonds. The summed E-state index contributed by atoms with van der Waals surface area (Å²) in [4.78, 5) is 3.87. The number of hydrogen-bond acceptors (Lipinski definition) is 3. The fraction of sp³-hybridized carbons (Fsp3) is 0.200. The number of aryl methyl sites for hydroxylation is 1. The van der Waals surface area contributed by atoms with Gasteiger partial charge in [-0.1, -0.05) is 0 Å². The third-order valence-corrected chi connectivity index (χ3v) is 2.26. The minimum atomic E-state index is -4.44. The molecule has 0 spiro atoms. The van der Waals surface area contributed by atoms with Crippen LogP contribution in [0.4, 0.5) is 19.0 Å². The van der Waals surface area contributed by atoms with Crippen molar-refractivity contribution in [2.24, 2.45) is 7.05 Å². The third kappa shape index (κ3) is 2.22. The molecule has 0 fully saturated rings. The number of nitrogens with two attached hydrogens (primary N) is 1. The number of aromatic nitrogens is 3. The monoisotopic (exact) mass is 242 g/mol. The molecule has 0 aliphatic rings. The van der Waals surface area contributed by atoms with Gasteiger partial charge < -0.3 is 5.73 Å². The van der Waals surface area contributed by atoms with E-state index in [4.69, 9.17) is 5.73 Å². The van der Waals surface area contributed by atoms with E-state index in [0.29, 0.717) is 5.69 Å². The molecule has 4 nitrogen and oxygen atoms in total. The largest absolute Gasteiger partial charge is 0.416 e. The second kappa shape index (κ2) is 3.76. The normalized spacial score (nSPS) is 11.8. The van der Waals surface area contributed by atoms with E-state index in [-0.39, 0.29) is 11.5 Å². The van der Waals surface area contributed by atoms with Crippen molar-refractivity contribution in [1.29, 1.82) is 0 Å². The number of nitrogens with zero attached hydrogens (tertiary/aromatic N) is 3. The van der Waals surface area contributed by atoms with Crippen molar-refractivity contribution in [1.82, 2.24) is 14.8 Å². The summed E-state index contributed by atoms with van der Waals surface area (Å²) in [7, 11) is 1.62. The van der Waals surface area contributed by atoms with Crippen molar-refractivity contribution in [3.63, 3.8) is 0 Å². The van der Waals surface area contributed by atoms with Gasteiger partial charge in [0.05, 0.1) is 17.0 Å². The number of alkyl halides is 3. The number of rotatable bonds is 1. The predicted molar refractivity (Wildman–Crippen MR) is 55.9 cm³/mol. The summed E-state index contributed by atoms with van der Waals surface area (Å²) in [6.07, 6.45) is -2.96. The molecule has 90 valence electrons. The van der Waals surface area contributed by atoms with E-state index in [2.05, 4.69) is 10.1 Å². The Kier molecular flexibility index (Phi) is 2.53. The SMILES string of the molecule is Cn1nccc1-c1cc(C(F)(F)F)cc(N)n1. The van der Waals surface area contributed by atoms with E-state index in [1.165, 1.54) is 10.9 Å². The molecule has 2 aromatic rings. The van der Waals surface area contributed by atoms with Gasteiger partial charge in [0.25, 0.3) is 0 Å². The summed E-state index contributed by atoms with van der Waals surface area (Å²) in [5.74, 6) is -0.170. The number of pyridine rings is 1. The molecule has 17 heavy (non-hydrogen) atoms. The van der Waals surface area contributed by atoms with Crippen LogP contribution in [0.15, 0.2) is 24.4 Å². The zero-order valence-electron chi connectivity index (χ0n) is 8.86. The fourth-order valence-corrected chi connectivity index (χ4v) is 1.47. The molecule has 2 N–H and O–H groups in total. The Morgan fingerprint density at radius 2 is 2.00 bits per heavy atom. The first-order chi connectivity index (χ1) is 7.88. The van der Waals surface area contributed by atoms with Gasteiger partial charge in [-0.3, -0.25) is 4.68 Å². The van der Waals surface area contributed by atoms with E-state index < -0.39 is 11.7 Å². The Labute approximate surface area is 94.9 Å². The molecule has 0 aromatic carbocycles. The maximum absolute atomic E-state index is 12.6. The van der Waals surface area contributed by atoms with Crippen LogP contribution >= 0.6 is 0 Å². The molecular weight excluding hydrogens is 233 g/mol. The van der Waals surface area contributed by atoms with Gasteiger partial charge in [-0.25, -0.2) is 4.98 Å². The molecule has 2 heterocycles. The quantitative estimate of drug-likeness (QED) is 0.832. The first kappa shape index (κ1) is 11.4. The van der Waals surface area contributed by atoms with Crippen LogP contribution in [0.25, 0.3) is 11.4 Å². The van der Waals surface area contributed by atoms with Crippen LogP contribution in [0.5, 0.6) is 0 Å². The predicted octanol–water partition coefficient (Wildman–Crippen LogP) is 2.08. The van der Waals surface area contributed by atoms with Gasteiger partial charge >= 0.3 is 6.18 Å². The zero-order chi connectivity index (χ0) is 12.6. The second-order valence-corrected chi connectivity index (χ2v) is 3.50. The summed E-state index contributed by atoms with van der Waals surface area (Å²) in [6, 6.07) is 3.33. The van der Waals surface area contributed by atoms with Crippen molar-refractivity contribution >= 4 is 5.82 Å². The molecule has 0 aliphatic carbocycles. The second-order valence-electron chi connectivity index (χ2n) is 3.50. The fourth-order valence-electron chi connectivity index (χ4n) is 1.47. The van der Waals surface area contributed by atoms with Gasteiger partial charge in [-0.2, -0.15) is 18.3 Å². The van der Waals surface area contributed by atoms with Crippen LogP contribution in [0.2, 0.25) is 0 Å². The van der Waals surface area contributed by atoms with E-state index in [1.807, 2.05) is 0 Å². The standard InChI is InChI=1S/C10H9F3N4/c1-17-8(2-3-15-17)7-4-6(10(11,12)13)5-9(14)16-7/h2-5H,1H3,(H2,14,16). The number of hydrogen-bond donors (Lipinski definition) is 1. The summed E-state index contributed by atoms with van der Waals surface area (Å²) in [5.41, 5.74) is 5.18. The van der Waals surface area contributed by atoms with Crippen molar-refractivity contribution in [3.8, 4) is 11.4 Å². The number of nitrogen functional groups attached to an aromatic ring is 1. The van der Waals surface area contributed by atoms with Crippen LogP contribution in [-0.2, 0) is 13.2 Å². The van der Waals surface area contributed by atoms with E-state index in [9.17, 15) is 13.2 Å². The zero-order valence-corrected chi connectivity index (χ0v) is 8.86. The average molecular weight is 242 g/mol. The Bertz CT molecular complexity index is 545. The smallest absolute Gasteiger partial charge is 0.384 e. The van der Waals surface area contributed by atoms with E-state index in [0.717, 1.165) is 12.1 Å². The lowest BCUT2D eigenvalue weighted by Crippen LogP contribution is -2.08. The number of anilines is 1. The van der Waals surface area contributed by atoms with Gasteiger partial charge in [0.15, 0.2) is 0 Å². The van der Waals surface area contributed by atoms with Gasteiger partial charge in [-0.15, -0.1) is 0 Å². The highest BCUT2D eigenvalue weighted by Gasteiger charge is 2.31. The number of halogens is 3. The Morgan fingerprint density at radius 3 is 2.53 bits per heavy atom. The lowest BCUT2D eigenvalue weighted by Gasteiger charge is -2.09. The van der Waals surface area contributed by atoms with Crippen LogP contribution in [0.1, 0.15) is 5.56 Å². The molecular formula is C10H9F3N4. The average Bonchev–Trinajstić information content (AvgIpc) is 2.62. The van der Waals surface area contributed by atoms with Gasteiger partial charge in [0, 0.05) is 13.2 Å². The Morgan fingerprint density at radius 1 is 1.29 bits per heavy atom. The molecule has 2 rings (SSSR count). The highest BCUT2D eigenvalue weighted by atomic mass is 19.4. The molecule has 0 saturated heterocycles. The van der Waals surface area contributed by atoms with Crippen molar-refractivity contribution in [2.45, 2.75) is 6.18 Å². The van der Waals surface area contributed by atoms with Crippen LogP contribution in [0.3, 0.4) is 0 Å². The van der Waals surface area contributed by atoms with E-state index in [1.54, 1.807) is 13.1 Å². The van der Waals surface area contributed by atoms with Crippen LogP contribution in [-0.4, -0.2) is 14.8 Å². The minimum absolute atomic E-state index is 0.150. The van der Waals surface area contributed by atoms with Crippen molar-refractivity contribution in [2.75, 3.05) is 5.73 Å². The van der Waals surface area contributed by atoms with Gasteiger partial charge in [0.1, 0.15) is 5.82 Å². The van der Waals surface area contributed by atoms with Gasteiger partial charge in [-0.05, 0) is 18.2 Å². The molecule has 0 aliphatic heterocycles. The first-order valence-corrected chi connectivity index (χ1v) is 4.71. The molecule has 7 heteroatoms. The topological polar surface area (TPSA) is 56.7 Å². The Hall–Kier alpha value is -2.05. The molecule has 0 radical (unpaired) electrons. The summed E-state index contributed by atoms with van der Waals surface area (Å²) >= 11 is 0. The van der Waals surface area contributed by atoms with E-state index >= 15 is 0 Å². The summed E-state index contributed by atoms with van der Waals surface area (Å²) in [6.45, 7) is 0. The molecule has 0 unspecified atom stereocenters. The maximum Gasteiger partial charge on any atom is 0.416 e. The highest BCUT2D eigenvalue weighted by Crippen LogP contribution is 2.32.